The Balaban J connectivity index is 2.21. The van der Waals surface area contributed by atoms with Crippen LogP contribution in [0.3, 0.4) is 0 Å². The van der Waals surface area contributed by atoms with E-state index in [1.165, 1.54) is 18.7 Å². The Hall–Kier alpha value is -2.67. The molecule has 0 aliphatic carbocycles. The molecule has 0 saturated heterocycles. The molecule has 108 valence electrons. The van der Waals surface area contributed by atoms with Gasteiger partial charge in [0.1, 0.15) is 12.9 Å². The van der Waals surface area contributed by atoms with Crippen LogP contribution >= 0.6 is 11.6 Å². The molecule has 0 aliphatic rings. The van der Waals surface area contributed by atoms with Crippen molar-refractivity contribution in [1.82, 2.24) is 9.97 Å². The highest BCUT2D eigenvalue weighted by Gasteiger charge is 2.19. The number of carbonyl (C=O) groups excluding carboxylic acids is 1. The van der Waals surface area contributed by atoms with Crippen LogP contribution < -0.4 is 10.2 Å². The molecule has 0 radical (unpaired) electrons. The zero-order chi connectivity index (χ0) is 15.2. The lowest BCUT2D eigenvalue weighted by Gasteiger charge is -2.21. The fourth-order valence-electron chi connectivity index (χ4n) is 1.59. The first-order chi connectivity index (χ1) is 10.1. The second kappa shape index (κ2) is 6.67. The number of amides is 2. The minimum absolute atomic E-state index is 0.367. The van der Waals surface area contributed by atoms with Gasteiger partial charge < -0.3 is 10.4 Å². The Labute approximate surface area is 125 Å². The van der Waals surface area contributed by atoms with Gasteiger partial charge in [-0.15, -0.1) is 0 Å². The number of hydrogen-bond acceptors (Lipinski definition) is 4. The van der Waals surface area contributed by atoms with Crippen LogP contribution in [0.25, 0.3) is 0 Å². The zero-order valence-corrected chi connectivity index (χ0v) is 11.5. The van der Waals surface area contributed by atoms with Gasteiger partial charge in [0.05, 0.1) is 18.1 Å². The van der Waals surface area contributed by atoms with E-state index in [-0.39, 0.29) is 0 Å². The predicted molar refractivity (Wildman–Crippen MR) is 77.5 cm³/mol. The first kappa shape index (κ1) is 14.7. The minimum atomic E-state index is -1.13. The molecule has 2 N–H and O–H groups in total. The molecule has 2 rings (SSSR count). The fraction of sp³-hybridized carbons (Fsp3) is 0.0769. The number of carbonyl (C=O) groups is 2. The first-order valence-electron chi connectivity index (χ1n) is 5.87. The largest absolute Gasteiger partial charge is 0.480 e. The standard InChI is InChI=1S/C13H11ClN4O3/c14-9-1-3-11(4-2-9)18(7-12(19)20)13(21)17-10-5-15-8-16-6-10/h1-6,8H,7H2,(H,17,21)(H,19,20). The normalized spacial score (nSPS) is 9.95. The maximum atomic E-state index is 12.2. The molecule has 7 nitrogen and oxygen atoms in total. The Morgan fingerprint density at radius 2 is 1.81 bits per heavy atom. The van der Waals surface area contributed by atoms with Gasteiger partial charge in [0.15, 0.2) is 0 Å². The summed E-state index contributed by atoms with van der Waals surface area (Å²) in [6.07, 6.45) is 4.14. The Morgan fingerprint density at radius 1 is 1.19 bits per heavy atom. The predicted octanol–water partition coefficient (Wildman–Crippen LogP) is 2.25. The summed E-state index contributed by atoms with van der Waals surface area (Å²) in [6.45, 7) is -0.485. The van der Waals surface area contributed by atoms with Gasteiger partial charge in [-0.2, -0.15) is 0 Å². The molecule has 21 heavy (non-hydrogen) atoms. The quantitative estimate of drug-likeness (QED) is 0.903. The van der Waals surface area contributed by atoms with Crippen LogP contribution in [-0.4, -0.2) is 33.6 Å². The van der Waals surface area contributed by atoms with Crippen molar-refractivity contribution in [1.29, 1.82) is 0 Å². The van der Waals surface area contributed by atoms with Crippen LogP contribution in [-0.2, 0) is 4.79 Å². The third-order valence-corrected chi connectivity index (χ3v) is 2.74. The van der Waals surface area contributed by atoms with Crippen molar-refractivity contribution in [3.63, 3.8) is 0 Å². The highest BCUT2D eigenvalue weighted by atomic mass is 35.5. The van der Waals surface area contributed by atoms with E-state index in [9.17, 15) is 9.59 Å². The molecule has 0 saturated carbocycles. The SMILES string of the molecule is O=C(O)CN(C(=O)Nc1cncnc1)c1ccc(Cl)cc1. The van der Waals surface area contributed by atoms with Crippen molar-refractivity contribution in [3.8, 4) is 0 Å². The van der Waals surface area contributed by atoms with Gasteiger partial charge >= 0.3 is 12.0 Å². The van der Waals surface area contributed by atoms with Crippen molar-refractivity contribution in [3.05, 3.63) is 48.0 Å². The molecular weight excluding hydrogens is 296 g/mol. The second-order valence-corrected chi connectivity index (χ2v) is 4.45. The third kappa shape index (κ3) is 4.15. The second-order valence-electron chi connectivity index (χ2n) is 4.01. The van der Waals surface area contributed by atoms with Crippen LogP contribution in [0.4, 0.5) is 16.2 Å². The molecule has 2 amide bonds. The van der Waals surface area contributed by atoms with E-state index in [4.69, 9.17) is 16.7 Å². The minimum Gasteiger partial charge on any atom is -0.480 e. The number of urea groups is 1. The number of rotatable bonds is 4. The number of carboxylic acids is 1. The molecule has 0 spiro atoms. The molecule has 0 aliphatic heterocycles. The van der Waals surface area contributed by atoms with Crippen molar-refractivity contribution in [2.45, 2.75) is 0 Å². The number of nitrogens with one attached hydrogen (secondary N) is 1. The van der Waals surface area contributed by atoms with Gasteiger partial charge in [-0.05, 0) is 24.3 Å². The number of halogens is 1. The molecule has 0 bridgehead atoms. The molecule has 0 fully saturated rings. The summed E-state index contributed by atoms with van der Waals surface area (Å²) in [5.74, 6) is -1.13. The summed E-state index contributed by atoms with van der Waals surface area (Å²) >= 11 is 5.78. The van der Waals surface area contributed by atoms with Crippen LogP contribution in [0.2, 0.25) is 5.02 Å². The lowest BCUT2D eigenvalue weighted by Crippen LogP contribution is -2.38. The third-order valence-electron chi connectivity index (χ3n) is 2.49. The van der Waals surface area contributed by atoms with Gasteiger partial charge in [0, 0.05) is 10.7 Å². The van der Waals surface area contributed by atoms with E-state index in [0.29, 0.717) is 16.4 Å². The summed E-state index contributed by atoms with van der Waals surface area (Å²) in [5.41, 5.74) is 0.781. The van der Waals surface area contributed by atoms with E-state index < -0.39 is 18.5 Å². The Morgan fingerprint density at radius 3 is 2.38 bits per heavy atom. The van der Waals surface area contributed by atoms with Gasteiger partial charge in [0.25, 0.3) is 0 Å². The number of aromatic nitrogens is 2. The Bertz CT molecular complexity index is 634. The first-order valence-corrected chi connectivity index (χ1v) is 6.25. The molecule has 8 heteroatoms. The van der Waals surface area contributed by atoms with E-state index in [2.05, 4.69) is 15.3 Å². The van der Waals surface area contributed by atoms with Gasteiger partial charge in [-0.25, -0.2) is 14.8 Å². The van der Waals surface area contributed by atoms with Crippen molar-refractivity contribution >= 4 is 35.0 Å². The van der Waals surface area contributed by atoms with Crippen LogP contribution in [0.1, 0.15) is 0 Å². The highest BCUT2D eigenvalue weighted by molar-refractivity contribution is 6.30. The number of anilines is 2. The molecule has 2 aromatic rings. The summed E-state index contributed by atoms with van der Waals surface area (Å²) < 4.78 is 0. The summed E-state index contributed by atoms with van der Waals surface area (Å²) in [4.78, 5) is 31.7. The zero-order valence-electron chi connectivity index (χ0n) is 10.7. The molecule has 1 heterocycles. The Kier molecular flexibility index (Phi) is 4.68. The van der Waals surface area contributed by atoms with Gasteiger partial charge in [-0.3, -0.25) is 9.69 Å². The van der Waals surface area contributed by atoms with Gasteiger partial charge in [0.2, 0.25) is 0 Å². The van der Waals surface area contributed by atoms with Crippen molar-refractivity contribution in [2.75, 3.05) is 16.8 Å². The van der Waals surface area contributed by atoms with E-state index in [0.717, 1.165) is 4.90 Å². The van der Waals surface area contributed by atoms with Crippen molar-refractivity contribution < 1.29 is 14.7 Å². The fourth-order valence-corrected chi connectivity index (χ4v) is 1.72. The smallest absolute Gasteiger partial charge is 0.326 e. The average molecular weight is 307 g/mol. The monoisotopic (exact) mass is 306 g/mol. The number of aliphatic carboxylic acids is 1. The van der Waals surface area contributed by atoms with E-state index >= 15 is 0 Å². The highest BCUT2D eigenvalue weighted by Crippen LogP contribution is 2.19. The molecular formula is C13H11ClN4O3. The number of carboxylic acid groups (broad SMARTS) is 1. The topological polar surface area (TPSA) is 95.4 Å². The number of nitrogens with zero attached hydrogens (tertiary/aromatic N) is 3. The molecule has 1 aromatic heterocycles. The van der Waals surface area contributed by atoms with Crippen LogP contribution in [0.5, 0.6) is 0 Å². The number of hydrogen-bond donors (Lipinski definition) is 2. The lowest BCUT2D eigenvalue weighted by molar-refractivity contribution is -0.135. The summed E-state index contributed by atoms with van der Waals surface area (Å²) in [7, 11) is 0. The van der Waals surface area contributed by atoms with E-state index in [1.54, 1.807) is 24.3 Å². The van der Waals surface area contributed by atoms with Crippen LogP contribution in [0.15, 0.2) is 43.0 Å². The average Bonchev–Trinajstić information content (AvgIpc) is 2.46. The number of benzene rings is 1. The molecule has 0 unspecified atom stereocenters. The summed E-state index contributed by atoms with van der Waals surface area (Å²) in [5, 5.41) is 12.0. The van der Waals surface area contributed by atoms with Crippen LogP contribution in [0, 0.1) is 0 Å². The molecule has 1 aromatic carbocycles. The lowest BCUT2D eigenvalue weighted by atomic mass is 10.3. The van der Waals surface area contributed by atoms with E-state index in [1.807, 2.05) is 0 Å². The maximum Gasteiger partial charge on any atom is 0.326 e. The maximum absolute atomic E-state index is 12.2. The summed E-state index contributed by atoms with van der Waals surface area (Å²) in [6, 6.07) is 5.67. The molecule has 0 atom stereocenters. The van der Waals surface area contributed by atoms with Crippen molar-refractivity contribution in [2.24, 2.45) is 0 Å². The van der Waals surface area contributed by atoms with Gasteiger partial charge in [-0.1, -0.05) is 11.6 Å².